The maximum absolute atomic E-state index is 13.6. The van der Waals surface area contributed by atoms with Crippen LogP contribution in [0.25, 0.3) is 11.1 Å². The Balaban J connectivity index is 1.69. The van der Waals surface area contributed by atoms with Gasteiger partial charge in [-0.25, -0.2) is 4.39 Å². The van der Waals surface area contributed by atoms with Crippen LogP contribution in [0, 0.1) is 11.2 Å². The number of ether oxygens (including phenoxy) is 3. The minimum atomic E-state index is -0.408. The Bertz CT molecular complexity index is 1110. The molecular weight excluding hydrogens is 449 g/mol. The third-order valence-electron chi connectivity index (χ3n) is 4.40. The number of anilines is 1. The van der Waals surface area contributed by atoms with Gasteiger partial charge in [-0.2, -0.15) is 0 Å². The van der Waals surface area contributed by atoms with E-state index in [0.29, 0.717) is 27.8 Å². The van der Waals surface area contributed by atoms with Crippen LogP contribution >= 0.6 is 11.6 Å². The van der Waals surface area contributed by atoms with Gasteiger partial charge in [-0.3, -0.25) is 10.3 Å². The highest BCUT2D eigenvalue weighted by Crippen LogP contribution is 2.32. The van der Waals surface area contributed by atoms with Crippen LogP contribution in [-0.4, -0.2) is 26.7 Å². The quantitative estimate of drug-likeness (QED) is 0.150. The molecule has 3 aromatic carbocycles. The van der Waals surface area contributed by atoms with Crippen molar-refractivity contribution in [2.45, 2.75) is 0 Å². The zero-order valence-electron chi connectivity index (χ0n) is 17.8. The molecular formula is C24H23ClFN3O4. The standard InChI is InChI=1S/C24H23ClFN3O4/c1-30-15-31-23-12-18(26)6-11-21(23)16-2-9-20(10-3-16)33-24(22(28)13-27)14-32-29-19-7-4-17(25)5-8-19/h2-13,27,29H,14-15,28H2,1H3/b24-22-,27-13?. The van der Waals surface area contributed by atoms with Crippen LogP contribution in [-0.2, 0) is 9.57 Å². The highest BCUT2D eigenvalue weighted by atomic mass is 35.5. The number of benzene rings is 3. The van der Waals surface area contributed by atoms with E-state index in [0.717, 1.165) is 11.8 Å². The summed E-state index contributed by atoms with van der Waals surface area (Å²) in [5.74, 6) is 0.690. The fraction of sp³-hybridized carbons (Fsp3) is 0.125. The van der Waals surface area contributed by atoms with Crippen molar-refractivity contribution in [2.24, 2.45) is 5.73 Å². The van der Waals surface area contributed by atoms with Gasteiger partial charge < -0.3 is 25.4 Å². The summed E-state index contributed by atoms with van der Waals surface area (Å²) < 4.78 is 29.9. The first-order chi connectivity index (χ1) is 16.0. The van der Waals surface area contributed by atoms with E-state index in [1.807, 2.05) is 0 Å². The lowest BCUT2D eigenvalue weighted by Crippen LogP contribution is -2.16. The monoisotopic (exact) mass is 471 g/mol. The van der Waals surface area contributed by atoms with E-state index in [1.54, 1.807) is 54.6 Å². The van der Waals surface area contributed by atoms with Crippen LogP contribution in [0.2, 0.25) is 5.02 Å². The highest BCUT2D eigenvalue weighted by molar-refractivity contribution is 6.30. The van der Waals surface area contributed by atoms with Crippen molar-refractivity contribution in [3.8, 4) is 22.6 Å². The van der Waals surface area contributed by atoms with E-state index in [1.165, 1.54) is 19.2 Å². The van der Waals surface area contributed by atoms with Gasteiger partial charge in [-0.1, -0.05) is 23.7 Å². The Kier molecular flexibility index (Phi) is 8.65. The van der Waals surface area contributed by atoms with Gasteiger partial charge in [0.05, 0.1) is 11.4 Å². The van der Waals surface area contributed by atoms with E-state index >= 15 is 0 Å². The van der Waals surface area contributed by atoms with Crippen molar-refractivity contribution >= 4 is 23.5 Å². The minimum Gasteiger partial charge on any atom is -0.467 e. The molecule has 3 rings (SSSR count). The molecule has 0 fully saturated rings. The van der Waals surface area contributed by atoms with E-state index in [4.69, 9.17) is 41.8 Å². The van der Waals surface area contributed by atoms with Crippen molar-refractivity contribution in [3.05, 3.63) is 89.0 Å². The lowest BCUT2D eigenvalue weighted by molar-refractivity contribution is 0.0513. The third kappa shape index (κ3) is 6.95. The molecule has 7 nitrogen and oxygen atoms in total. The molecule has 172 valence electrons. The average molecular weight is 472 g/mol. The second kappa shape index (κ2) is 11.9. The van der Waals surface area contributed by atoms with Crippen LogP contribution in [0.15, 0.2) is 78.2 Å². The van der Waals surface area contributed by atoms with Crippen LogP contribution in [0.3, 0.4) is 0 Å². The summed E-state index contributed by atoms with van der Waals surface area (Å²) in [6.45, 7) is -0.0304. The Morgan fingerprint density at radius 3 is 2.48 bits per heavy atom. The summed E-state index contributed by atoms with van der Waals surface area (Å²) in [5, 5.41) is 8.05. The summed E-state index contributed by atoms with van der Waals surface area (Å²) >= 11 is 5.87. The number of methoxy groups -OCH3 is 1. The fourth-order valence-electron chi connectivity index (χ4n) is 2.78. The van der Waals surface area contributed by atoms with Crippen LogP contribution in [0.1, 0.15) is 0 Å². The molecule has 0 saturated heterocycles. The van der Waals surface area contributed by atoms with Crippen molar-refractivity contribution in [3.63, 3.8) is 0 Å². The Hall–Kier alpha value is -3.59. The molecule has 4 N–H and O–H groups in total. The molecule has 0 bridgehead atoms. The highest BCUT2D eigenvalue weighted by Gasteiger charge is 2.11. The molecule has 0 heterocycles. The van der Waals surface area contributed by atoms with Crippen molar-refractivity contribution in [2.75, 3.05) is 26.0 Å². The van der Waals surface area contributed by atoms with Gasteiger partial charge >= 0.3 is 0 Å². The first kappa shape index (κ1) is 24.1. The molecule has 0 aliphatic carbocycles. The molecule has 0 spiro atoms. The SMILES string of the molecule is COCOc1cc(F)ccc1-c1ccc(O/C(CONc2ccc(Cl)cc2)=C(\N)C=N)cc1. The number of rotatable bonds is 11. The number of allylic oxidation sites excluding steroid dienone is 1. The summed E-state index contributed by atoms with van der Waals surface area (Å²) in [6.07, 6.45) is 0.979. The number of nitrogens with two attached hydrogens (primary N) is 1. The molecule has 0 aliphatic heterocycles. The fourth-order valence-corrected chi connectivity index (χ4v) is 2.90. The lowest BCUT2D eigenvalue weighted by Gasteiger charge is -2.14. The number of nitrogens with one attached hydrogen (secondary N) is 2. The molecule has 9 heteroatoms. The van der Waals surface area contributed by atoms with Crippen LogP contribution in [0.4, 0.5) is 10.1 Å². The third-order valence-corrected chi connectivity index (χ3v) is 4.65. The number of hydrogen-bond acceptors (Lipinski definition) is 7. The molecule has 0 atom stereocenters. The second-order valence-corrected chi connectivity index (χ2v) is 7.17. The van der Waals surface area contributed by atoms with E-state index in [9.17, 15) is 4.39 Å². The Labute approximate surface area is 195 Å². The molecule has 0 aromatic heterocycles. The molecule has 0 saturated carbocycles. The van der Waals surface area contributed by atoms with Gasteiger partial charge in [0, 0.05) is 30.0 Å². The van der Waals surface area contributed by atoms with Crippen LogP contribution < -0.4 is 20.7 Å². The molecule has 0 amide bonds. The maximum Gasteiger partial charge on any atom is 0.188 e. The topological polar surface area (TPSA) is 98.8 Å². The zero-order valence-corrected chi connectivity index (χ0v) is 18.6. The van der Waals surface area contributed by atoms with Crippen LogP contribution in [0.5, 0.6) is 11.5 Å². The predicted octanol–water partition coefficient (Wildman–Crippen LogP) is 5.37. The van der Waals surface area contributed by atoms with Crippen molar-refractivity contribution in [1.29, 1.82) is 5.41 Å². The van der Waals surface area contributed by atoms with Crippen molar-refractivity contribution < 1.29 is 23.4 Å². The summed E-state index contributed by atoms with van der Waals surface area (Å²) in [5.41, 5.74) is 11.0. The van der Waals surface area contributed by atoms with Gasteiger partial charge in [0.1, 0.15) is 23.9 Å². The number of hydrogen-bond donors (Lipinski definition) is 3. The lowest BCUT2D eigenvalue weighted by atomic mass is 10.0. The summed E-state index contributed by atoms with van der Waals surface area (Å²) in [4.78, 5) is 5.45. The van der Waals surface area contributed by atoms with Gasteiger partial charge in [-0.05, 0) is 54.1 Å². The largest absolute Gasteiger partial charge is 0.467 e. The maximum atomic E-state index is 13.6. The predicted molar refractivity (Wildman–Crippen MR) is 126 cm³/mol. The summed E-state index contributed by atoms with van der Waals surface area (Å²) in [6, 6.07) is 18.3. The second-order valence-electron chi connectivity index (χ2n) is 6.74. The van der Waals surface area contributed by atoms with Gasteiger partial charge in [-0.15, -0.1) is 0 Å². The van der Waals surface area contributed by atoms with E-state index < -0.39 is 5.82 Å². The van der Waals surface area contributed by atoms with Gasteiger partial charge in [0.25, 0.3) is 0 Å². The Morgan fingerprint density at radius 1 is 1.09 bits per heavy atom. The van der Waals surface area contributed by atoms with Gasteiger partial charge in [0.2, 0.25) is 0 Å². The summed E-state index contributed by atoms with van der Waals surface area (Å²) in [7, 11) is 1.49. The number of halogens is 2. The molecule has 3 aromatic rings. The minimum absolute atomic E-state index is 0.00123. The first-order valence-corrected chi connectivity index (χ1v) is 10.2. The molecule has 0 aliphatic rings. The van der Waals surface area contributed by atoms with E-state index in [2.05, 4.69) is 5.48 Å². The average Bonchev–Trinajstić information content (AvgIpc) is 2.83. The zero-order chi connectivity index (χ0) is 23.6. The Morgan fingerprint density at radius 2 is 1.82 bits per heavy atom. The van der Waals surface area contributed by atoms with Gasteiger partial charge in [0.15, 0.2) is 12.6 Å². The molecule has 0 unspecified atom stereocenters. The molecule has 33 heavy (non-hydrogen) atoms. The molecule has 0 radical (unpaired) electrons. The van der Waals surface area contributed by atoms with Crippen molar-refractivity contribution in [1.82, 2.24) is 0 Å². The smallest absolute Gasteiger partial charge is 0.188 e. The van der Waals surface area contributed by atoms with E-state index in [-0.39, 0.29) is 24.9 Å². The first-order valence-electron chi connectivity index (χ1n) is 9.82. The normalized spacial score (nSPS) is 11.5.